The second kappa shape index (κ2) is 6.16. The number of halogens is 1. The number of anilines is 1. The number of piperidine rings is 1. The molecule has 1 aliphatic heterocycles. The number of benzene rings is 1. The molecule has 5 nitrogen and oxygen atoms in total. The number of nitrogens with two attached hydrogens (primary N) is 1. The molecule has 1 saturated heterocycles. The highest BCUT2D eigenvalue weighted by molar-refractivity contribution is 6.34. The summed E-state index contributed by atoms with van der Waals surface area (Å²) in [6, 6.07) is 5.12. The fraction of sp³-hybridized carbons (Fsp3) is 0.500. The van der Waals surface area contributed by atoms with E-state index in [1.807, 2.05) is 0 Å². The van der Waals surface area contributed by atoms with E-state index in [0.29, 0.717) is 29.4 Å². The number of amides is 2. The maximum atomic E-state index is 12.5. The fourth-order valence-corrected chi connectivity index (χ4v) is 3.04. The molecule has 2 aliphatic rings. The number of carbonyl (C=O) groups excluding carboxylic acids is 2. The Morgan fingerprint density at radius 1 is 1.18 bits per heavy atom. The van der Waals surface area contributed by atoms with Crippen molar-refractivity contribution in [2.45, 2.75) is 31.7 Å². The fourth-order valence-electron chi connectivity index (χ4n) is 2.77. The molecule has 0 aromatic heterocycles. The first-order valence-electron chi connectivity index (χ1n) is 7.69. The SMILES string of the molecule is Nc1ccc(C(=O)N2CCC(NC(=O)C3CC3)CC2)c(Cl)c1. The summed E-state index contributed by atoms with van der Waals surface area (Å²) in [5.74, 6) is 0.330. The van der Waals surface area contributed by atoms with Crippen molar-refractivity contribution in [3.05, 3.63) is 28.8 Å². The van der Waals surface area contributed by atoms with Gasteiger partial charge in [-0.05, 0) is 43.9 Å². The zero-order valence-corrected chi connectivity index (χ0v) is 13.1. The Balaban J connectivity index is 1.56. The second-order valence-electron chi connectivity index (χ2n) is 6.09. The van der Waals surface area contributed by atoms with E-state index < -0.39 is 0 Å². The van der Waals surface area contributed by atoms with Crippen molar-refractivity contribution in [2.24, 2.45) is 5.92 Å². The molecule has 2 amide bonds. The summed E-state index contributed by atoms with van der Waals surface area (Å²) in [5, 5.41) is 3.46. The van der Waals surface area contributed by atoms with Crippen LogP contribution in [-0.4, -0.2) is 35.8 Å². The van der Waals surface area contributed by atoms with Gasteiger partial charge >= 0.3 is 0 Å². The number of nitrogen functional groups attached to an aromatic ring is 1. The minimum Gasteiger partial charge on any atom is -0.399 e. The highest BCUT2D eigenvalue weighted by Gasteiger charge is 2.32. The molecule has 1 aromatic carbocycles. The summed E-state index contributed by atoms with van der Waals surface area (Å²) in [6.45, 7) is 1.27. The lowest BCUT2D eigenvalue weighted by atomic mass is 10.0. The average molecular weight is 322 g/mol. The third-order valence-corrected chi connectivity index (χ3v) is 4.61. The molecule has 0 spiro atoms. The molecule has 1 aromatic rings. The summed E-state index contributed by atoms with van der Waals surface area (Å²) >= 11 is 6.10. The Labute approximate surface area is 134 Å². The standard InChI is InChI=1S/C16H20ClN3O2/c17-14-9-11(18)3-4-13(14)16(22)20-7-5-12(6-8-20)19-15(21)10-1-2-10/h3-4,9-10,12H,1-2,5-8,18H2,(H,19,21). The van der Waals surface area contributed by atoms with E-state index in [1.165, 1.54) is 0 Å². The molecule has 0 atom stereocenters. The van der Waals surface area contributed by atoms with Gasteiger partial charge in [-0.2, -0.15) is 0 Å². The highest BCUT2D eigenvalue weighted by Crippen LogP contribution is 2.29. The predicted octanol–water partition coefficient (Wildman–Crippen LogP) is 2.05. The lowest BCUT2D eigenvalue weighted by Crippen LogP contribution is -2.47. The molecule has 0 unspecified atom stereocenters. The first kappa shape index (κ1) is 15.2. The lowest BCUT2D eigenvalue weighted by Gasteiger charge is -2.32. The van der Waals surface area contributed by atoms with E-state index in [0.717, 1.165) is 25.7 Å². The molecular formula is C16H20ClN3O2. The number of nitrogens with zero attached hydrogens (tertiary/aromatic N) is 1. The predicted molar refractivity (Wildman–Crippen MR) is 85.7 cm³/mol. The van der Waals surface area contributed by atoms with E-state index in [2.05, 4.69) is 5.32 Å². The van der Waals surface area contributed by atoms with Crippen LogP contribution in [0.3, 0.4) is 0 Å². The van der Waals surface area contributed by atoms with Crippen LogP contribution in [0.1, 0.15) is 36.0 Å². The van der Waals surface area contributed by atoms with Crippen molar-refractivity contribution >= 4 is 29.1 Å². The molecule has 22 heavy (non-hydrogen) atoms. The van der Waals surface area contributed by atoms with Crippen LogP contribution in [0.2, 0.25) is 5.02 Å². The van der Waals surface area contributed by atoms with Gasteiger partial charge in [0.05, 0.1) is 10.6 Å². The van der Waals surface area contributed by atoms with Gasteiger partial charge in [0.15, 0.2) is 0 Å². The topological polar surface area (TPSA) is 75.4 Å². The number of nitrogens with one attached hydrogen (secondary N) is 1. The molecule has 0 radical (unpaired) electrons. The number of rotatable bonds is 3. The molecule has 3 rings (SSSR count). The summed E-state index contributed by atoms with van der Waals surface area (Å²) < 4.78 is 0. The van der Waals surface area contributed by atoms with Crippen LogP contribution < -0.4 is 11.1 Å². The Kier molecular flexibility index (Phi) is 4.25. The largest absolute Gasteiger partial charge is 0.399 e. The van der Waals surface area contributed by atoms with Gasteiger partial charge in [0.2, 0.25) is 5.91 Å². The van der Waals surface area contributed by atoms with Gasteiger partial charge in [-0.25, -0.2) is 0 Å². The van der Waals surface area contributed by atoms with Gasteiger partial charge < -0.3 is 16.0 Å². The third kappa shape index (κ3) is 3.35. The van der Waals surface area contributed by atoms with E-state index in [9.17, 15) is 9.59 Å². The van der Waals surface area contributed by atoms with Crippen LogP contribution in [0.15, 0.2) is 18.2 Å². The first-order chi connectivity index (χ1) is 10.5. The van der Waals surface area contributed by atoms with Gasteiger partial charge in [0.1, 0.15) is 0 Å². The summed E-state index contributed by atoms with van der Waals surface area (Å²) in [7, 11) is 0. The second-order valence-corrected chi connectivity index (χ2v) is 6.50. The molecular weight excluding hydrogens is 302 g/mol. The van der Waals surface area contributed by atoms with E-state index in [-0.39, 0.29) is 23.8 Å². The smallest absolute Gasteiger partial charge is 0.255 e. The zero-order valence-electron chi connectivity index (χ0n) is 12.3. The van der Waals surface area contributed by atoms with E-state index in [1.54, 1.807) is 23.1 Å². The van der Waals surface area contributed by atoms with Crippen LogP contribution in [0, 0.1) is 5.92 Å². The molecule has 1 heterocycles. The number of likely N-dealkylation sites (tertiary alicyclic amines) is 1. The van der Waals surface area contributed by atoms with Crippen molar-refractivity contribution in [3.8, 4) is 0 Å². The van der Waals surface area contributed by atoms with Crippen LogP contribution >= 0.6 is 11.6 Å². The van der Waals surface area contributed by atoms with Crippen LogP contribution in [0.25, 0.3) is 0 Å². The molecule has 3 N–H and O–H groups in total. The van der Waals surface area contributed by atoms with Crippen LogP contribution in [0.5, 0.6) is 0 Å². The molecule has 6 heteroatoms. The van der Waals surface area contributed by atoms with E-state index >= 15 is 0 Å². The van der Waals surface area contributed by atoms with Crippen LogP contribution in [-0.2, 0) is 4.79 Å². The quantitative estimate of drug-likeness (QED) is 0.837. The Morgan fingerprint density at radius 2 is 1.86 bits per heavy atom. The summed E-state index contributed by atoms with van der Waals surface area (Å²) in [5.41, 5.74) is 6.68. The minimum absolute atomic E-state index is 0.0723. The Morgan fingerprint density at radius 3 is 2.45 bits per heavy atom. The number of hydrogen-bond acceptors (Lipinski definition) is 3. The average Bonchev–Trinajstić information content (AvgIpc) is 3.32. The number of carbonyl (C=O) groups is 2. The van der Waals surface area contributed by atoms with Crippen molar-refractivity contribution in [3.63, 3.8) is 0 Å². The maximum absolute atomic E-state index is 12.5. The first-order valence-corrected chi connectivity index (χ1v) is 8.07. The van der Waals surface area contributed by atoms with E-state index in [4.69, 9.17) is 17.3 Å². The molecule has 2 fully saturated rings. The van der Waals surface area contributed by atoms with Gasteiger partial charge in [0, 0.05) is 30.7 Å². The summed E-state index contributed by atoms with van der Waals surface area (Å²) in [6.07, 6.45) is 3.60. The molecule has 1 saturated carbocycles. The van der Waals surface area contributed by atoms with Crippen molar-refractivity contribution in [2.75, 3.05) is 18.8 Å². The Bertz CT molecular complexity index is 593. The maximum Gasteiger partial charge on any atom is 0.255 e. The third-order valence-electron chi connectivity index (χ3n) is 4.30. The minimum atomic E-state index is -0.0723. The van der Waals surface area contributed by atoms with Gasteiger partial charge in [-0.1, -0.05) is 11.6 Å². The van der Waals surface area contributed by atoms with Gasteiger partial charge in [0.25, 0.3) is 5.91 Å². The molecule has 0 bridgehead atoms. The summed E-state index contributed by atoms with van der Waals surface area (Å²) in [4.78, 5) is 26.0. The van der Waals surface area contributed by atoms with Gasteiger partial charge in [-0.15, -0.1) is 0 Å². The van der Waals surface area contributed by atoms with Crippen LogP contribution in [0.4, 0.5) is 5.69 Å². The monoisotopic (exact) mass is 321 g/mol. The number of hydrogen-bond donors (Lipinski definition) is 2. The van der Waals surface area contributed by atoms with Crippen molar-refractivity contribution in [1.29, 1.82) is 0 Å². The zero-order chi connectivity index (χ0) is 15.7. The Hall–Kier alpha value is -1.75. The van der Waals surface area contributed by atoms with Crippen molar-refractivity contribution in [1.82, 2.24) is 10.2 Å². The molecule has 118 valence electrons. The van der Waals surface area contributed by atoms with Gasteiger partial charge in [-0.3, -0.25) is 9.59 Å². The highest BCUT2D eigenvalue weighted by atomic mass is 35.5. The van der Waals surface area contributed by atoms with Crippen molar-refractivity contribution < 1.29 is 9.59 Å². The lowest BCUT2D eigenvalue weighted by molar-refractivity contribution is -0.123. The molecule has 1 aliphatic carbocycles. The normalized spacial score (nSPS) is 19.0.